The van der Waals surface area contributed by atoms with E-state index >= 15 is 0 Å². The van der Waals surface area contributed by atoms with Gasteiger partial charge in [-0.1, -0.05) is 54.4 Å². The molecule has 3 rings (SSSR count). The molecular weight excluding hydrogens is 618 g/mol. The lowest BCUT2D eigenvalue weighted by Gasteiger charge is -2.35. The number of carbonyl (C=O) groups is 2. The number of benzene rings is 3. The first kappa shape index (κ1) is 33.1. The maximum Gasteiger partial charge on any atom is 0.264 e. The van der Waals surface area contributed by atoms with E-state index in [1.54, 1.807) is 30.3 Å². The highest BCUT2D eigenvalue weighted by molar-refractivity contribution is 9.10. The first-order valence-electron chi connectivity index (χ1n) is 13.8. The second-order valence-electron chi connectivity index (χ2n) is 11.3. The minimum atomic E-state index is -4.20. The van der Waals surface area contributed by atoms with E-state index in [0.29, 0.717) is 22.3 Å². The second kappa shape index (κ2) is 13.7. The quantitative estimate of drug-likeness (QED) is 0.273. The number of rotatable bonds is 11. The van der Waals surface area contributed by atoms with Crippen molar-refractivity contribution in [2.45, 2.75) is 71.0 Å². The highest BCUT2D eigenvalue weighted by Crippen LogP contribution is 2.31. The van der Waals surface area contributed by atoms with Crippen molar-refractivity contribution >= 4 is 43.5 Å². The van der Waals surface area contributed by atoms with Crippen molar-refractivity contribution < 1.29 is 22.7 Å². The summed E-state index contributed by atoms with van der Waals surface area (Å²) in [5.41, 5.74) is 2.63. The van der Waals surface area contributed by atoms with Crippen LogP contribution in [0, 0.1) is 13.8 Å². The first-order chi connectivity index (χ1) is 19.7. The molecule has 0 radical (unpaired) electrons. The molecule has 0 heterocycles. The molecule has 0 spiro atoms. The molecular formula is C32H40BrN3O5S. The third-order valence-corrected chi connectivity index (χ3v) is 9.02. The molecule has 0 bridgehead atoms. The molecule has 0 fully saturated rings. The zero-order valence-corrected chi connectivity index (χ0v) is 27.7. The van der Waals surface area contributed by atoms with Gasteiger partial charge in [-0.05, 0) is 92.9 Å². The molecule has 42 heavy (non-hydrogen) atoms. The SMILES string of the molecule is CC[C@@H](C(=O)NC(C)(C)C)N(Cc1cccc(C)c1)C(=O)CN(c1ccc(C)cc1)S(=O)(=O)c1ccc(OC)c(Br)c1. The average molecular weight is 659 g/mol. The number of sulfonamides is 1. The van der Waals surface area contributed by atoms with Gasteiger partial charge in [0, 0.05) is 12.1 Å². The van der Waals surface area contributed by atoms with Crippen molar-refractivity contribution in [3.63, 3.8) is 0 Å². The summed E-state index contributed by atoms with van der Waals surface area (Å²) in [6, 6.07) is 18.3. The Morgan fingerprint density at radius 1 is 0.976 bits per heavy atom. The molecule has 0 aliphatic heterocycles. The van der Waals surface area contributed by atoms with Crippen molar-refractivity contribution in [2.75, 3.05) is 18.0 Å². The van der Waals surface area contributed by atoms with Gasteiger partial charge in [-0.25, -0.2) is 8.42 Å². The molecule has 226 valence electrons. The molecule has 0 aliphatic carbocycles. The topological polar surface area (TPSA) is 96.0 Å². The zero-order chi connectivity index (χ0) is 31.2. The molecule has 0 aliphatic rings. The van der Waals surface area contributed by atoms with Crippen LogP contribution in [-0.4, -0.2) is 50.4 Å². The lowest BCUT2D eigenvalue weighted by Crippen LogP contribution is -2.55. The van der Waals surface area contributed by atoms with Crippen LogP contribution >= 0.6 is 15.9 Å². The van der Waals surface area contributed by atoms with Crippen LogP contribution in [0.2, 0.25) is 0 Å². The van der Waals surface area contributed by atoms with Gasteiger partial charge in [0.15, 0.2) is 0 Å². The fraction of sp³-hybridized carbons (Fsp3) is 0.375. The number of amides is 2. The van der Waals surface area contributed by atoms with Crippen LogP contribution in [0.4, 0.5) is 5.69 Å². The van der Waals surface area contributed by atoms with Crippen LogP contribution in [0.25, 0.3) is 0 Å². The van der Waals surface area contributed by atoms with Crippen LogP contribution in [0.15, 0.2) is 76.1 Å². The summed E-state index contributed by atoms with van der Waals surface area (Å²) in [5, 5.41) is 2.99. The molecule has 10 heteroatoms. The summed E-state index contributed by atoms with van der Waals surface area (Å²) in [5.74, 6) is -0.314. The Labute approximate surface area is 258 Å². The number of nitrogens with zero attached hydrogens (tertiary/aromatic N) is 2. The Hall–Kier alpha value is -3.37. The Morgan fingerprint density at radius 3 is 2.19 bits per heavy atom. The molecule has 0 saturated heterocycles. The summed E-state index contributed by atoms with van der Waals surface area (Å²) in [7, 11) is -2.71. The Morgan fingerprint density at radius 2 is 1.64 bits per heavy atom. The molecule has 0 saturated carbocycles. The average Bonchev–Trinajstić information content (AvgIpc) is 2.91. The number of ether oxygens (including phenoxy) is 1. The minimum Gasteiger partial charge on any atom is -0.496 e. The third-order valence-electron chi connectivity index (χ3n) is 6.63. The summed E-state index contributed by atoms with van der Waals surface area (Å²) < 4.78 is 35.0. The third kappa shape index (κ3) is 8.35. The summed E-state index contributed by atoms with van der Waals surface area (Å²) in [4.78, 5) is 29.1. The van der Waals surface area contributed by atoms with Crippen molar-refractivity contribution in [2.24, 2.45) is 0 Å². The molecule has 1 atom stereocenters. The highest BCUT2D eigenvalue weighted by atomic mass is 79.9. The number of nitrogens with one attached hydrogen (secondary N) is 1. The molecule has 3 aromatic carbocycles. The molecule has 0 unspecified atom stereocenters. The van der Waals surface area contributed by atoms with Gasteiger partial charge in [0.05, 0.1) is 22.2 Å². The van der Waals surface area contributed by atoms with Gasteiger partial charge in [0.2, 0.25) is 11.8 Å². The fourth-order valence-corrected chi connectivity index (χ4v) is 6.69. The van der Waals surface area contributed by atoms with Gasteiger partial charge in [0.25, 0.3) is 10.0 Å². The van der Waals surface area contributed by atoms with E-state index in [2.05, 4.69) is 21.2 Å². The Kier molecular flexibility index (Phi) is 10.8. The van der Waals surface area contributed by atoms with Crippen molar-refractivity contribution in [1.82, 2.24) is 10.2 Å². The Balaban J connectivity index is 2.09. The van der Waals surface area contributed by atoms with E-state index in [1.807, 2.05) is 65.8 Å². The van der Waals surface area contributed by atoms with E-state index in [0.717, 1.165) is 21.0 Å². The fourth-order valence-electron chi connectivity index (χ4n) is 4.55. The molecule has 1 N–H and O–H groups in total. The highest BCUT2D eigenvalue weighted by Gasteiger charge is 2.34. The molecule has 2 amide bonds. The van der Waals surface area contributed by atoms with Gasteiger partial charge < -0.3 is 15.0 Å². The standard InChI is InChI=1S/C32H40BrN3O5S/c1-8-28(31(38)34-32(4,5)6)35(20-24-11-9-10-23(3)18-24)30(37)21-36(25-14-12-22(2)13-15-25)42(39,40)26-16-17-29(41-7)27(33)19-26/h9-19,28H,8,20-21H2,1-7H3,(H,34,38)/t28-/m0/s1. The van der Waals surface area contributed by atoms with Crippen LogP contribution in [0.1, 0.15) is 50.8 Å². The molecule has 8 nitrogen and oxygen atoms in total. The van der Waals surface area contributed by atoms with E-state index in [4.69, 9.17) is 4.74 Å². The van der Waals surface area contributed by atoms with E-state index in [-0.39, 0.29) is 17.3 Å². The minimum absolute atomic E-state index is 0.00805. The van der Waals surface area contributed by atoms with E-state index < -0.39 is 34.1 Å². The van der Waals surface area contributed by atoms with Crippen molar-refractivity contribution in [3.05, 3.63) is 87.9 Å². The number of methoxy groups -OCH3 is 1. The lowest BCUT2D eigenvalue weighted by atomic mass is 10.0. The van der Waals surface area contributed by atoms with Gasteiger partial charge in [-0.15, -0.1) is 0 Å². The van der Waals surface area contributed by atoms with Crippen LogP contribution < -0.4 is 14.4 Å². The molecule has 0 aromatic heterocycles. The lowest BCUT2D eigenvalue weighted by molar-refractivity contribution is -0.141. The smallest absolute Gasteiger partial charge is 0.264 e. The van der Waals surface area contributed by atoms with Crippen molar-refractivity contribution in [1.29, 1.82) is 0 Å². The zero-order valence-electron chi connectivity index (χ0n) is 25.3. The maximum atomic E-state index is 14.2. The monoisotopic (exact) mass is 657 g/mol. The molecule has 3 aromatic rings. The first-order valence-corrected chi connectivity index (χ1v) is 16.0. The number of hydrogen-bond donors (Lipinski definition) is 1. The number of halogens is 1. The number of hydrogen-bond acceptors (Lipinski definition) is 5. The summed E-state index contributed by atoms with van der Waals surface area (Å²) >= 11 is 3.37. The van der Waals surface area contributed by atoms with Gasteiger partial charge >= 0.3 is 0 Å². The van der Waals surface area contributed by atoms with E-state index in [1.165, 1.54) is 24.1 Å². The second-order valence-corrected chi connectivity index (χ2v) is 14.0. The number of aryl methyl sites for hydroxylation is 2. The maximum absolute atomic E-state index is 14.2. The number of anilines is 1. The van der Waals surface area contributed by atoms with Gasteiger partial charge in [-0.3, -0.25) is 13.9 Å². The normalized spacial score (nSPS) is 12.4. The van der Waals surface area contributed by atoms with Crippen LogP contribution in [0.3, 0.4) is 0 Å². The van der Waals surface area contributed by atoms with Crippen LogP contribution in [0.5, 0.6) is 5.75 Å². The van der Waals surface area contributed by atoms with Gasteiger partial charge in [-0.2, -0.15) is 0 Å². The van der Waals surface area contributed by atoms with E-state index in [9.17, 15) is 18.0 Å². The van der Waals surface area contributed by atoms with Crippen LogP contribution in [-0.2, 0) is 26.2 Å². The largest absolute Gasteiger partial charge is 0.496 e. The Bertz CT molecular complexity index is 1520. The predicted molar refractivity (Wildman–Crippen MR) is 170 cm³/mol. The van der Waals surface area contributed by atoms with Crippen molar-refractivity contribution in [3.8, 4) is 5.75 Å². The predicted octanol–water partition coefficient (Wildman–Crippen LogP) is 5.99. The summed E-state index contributed by atoms with van der Waals surface area (Å²) in [6.07, 6.45) is 0.349. The number of carbonyl (C=O) groups excluding carboxylic acids is 2. The van der Waals surface area contributed by atoms with Gasteiger partial charge in [0.1, 0.15) is 18.3 Å². The summed E-state index contributed by atoms with van der Waals surface area (Å²) in [6.45, 7) is 11.0.